The van der Waals surface area contributed by atoms with Crippen LogP contribution in [0.1, 0.15) is 45.0 Å². The van der Waals surface area contributed by atoms with Crippen LogP contribution in [-0.4, -0.2) is 90.2 Å². The van der Waals surface area contributed by atoms with Gasteiger partial charge in [-0.2, -0.15) is 0 Å². The Morgan fingerprint density at radius 1 is 1.27 bits per heavy atom. The van der Waals surface area contributed by atoms with Crippen molar-refractivity contribution >= 4 is 41.7 Å². The first-order valence-electron chi connectivity index (χ1n) is 12.7. The maximum Gasteiger partial charge on any atom is 0.237 e. The summed E-state index contributed by atoms with van der Waals surface area (Å²) in [5, 5.41) is 13.7. The van der Waals surface area contributed by atoms with E-state index in [1.807, 2.05) is 44.5 Å². The number of likely N-dealkylation sites (N-methyl/N-ethyl adjacent to an activating group) is 1. The predicted octanol–water partition coefficient (Wildman–Crippen LogP) is 3.58. The lowest BCUT2D eigenvalue weighted by Crippen LogP contribution is -2.64. The Hall–Kier alpha value is -0.780. The van der Waals surface area contributed by atoms with Crippen molar-refractivity contribution in [1.82, 2.24) is 10.2 Å². The third-order valence-corrected chi connectivity index (χ3v) is 8.65. The summed E-state index contributed by atoms with van der Waals surface area (Å²) in [7, 11) is 3.61. The number of amides is 1. The number of nitrogens with one attached hydrogen (secondary N) is 1. The summed E-state index contributed by atoms with van der Waals surface area (Å²) in [5.74, 6) is 1.20. The Labute approximate surface area is 235 Å². The quantitative estimate of drug-likeness (QED) is 0.430. The molecule has 8 nitrogen and oxygen atoms in total. The minimum atomic E-state index is -0.887. The second-order valence-corrected chi connectivity index (χ2v) is 11.7. The smallest absolute Gasteiger partial charge is 0.237 e. The number of nitrogens with zero attached hydrogens (tertiary/aromatic N) is 1. The molecular weight excluding hydrogens is 539 g/mol. The lowest BCUT2D eigenvalue weighted by atomic mass is 9.92. The predicted molar refractivity (Wildman–Crippen MR) is 148 cm³/mol. The third kappa shape index (κ3) is 6.69. The van der Waals surface area contributed by atoms with Crippen LogP contribution in [-0.2, 0) is 19.0 Å². The molecule has 0 aromatic heterocycles. The zero-order chi connectivity index (χ0) is 26.0. The van der Waals surface area contributed by atoms with Crippen molar-refractivity contribution in [3.8, 4) is 5.75 Å². The van der Waals surface area contributed by atoms with E-state index in [1.165, 1.54) is 11.8 Å². The maximum absolute atomic E-state index is 13.4. The number of halogens is 2. The summed E-state index contributed by atoms with van der Waals surface area (Å²) in [5.41, 5.74) is 0.276. The number of aliphatic hydroxyl groups is 1. The van der Waals surface area contributed by atoms with Gasteiger partial charge in [-0.25, -0.2) is 0 Å². The van der Waals surface area contributed by atoms with E-state index in [4.69, 9.17) is 30.5 Å². The van der Waals surface area contributed by atoms with Crippen LogP contribution in [0.2, 0.25) is 0 Å². The van der Waals surface area contributed by atoms with Crippen molar-refractivity contribution in [2.24, 2.45) is 5.92 Å². The molecule has 3 saturated heterocycles. The van der Waals surface area contributed by atoms with Gasteiger partial charge in [-0.3, -0.25) is 9.69 Å². The van der Waals surface area contributed by atoms with Gasteiger partial charge >= 0.3 is 0 Å². The van der Waals surface area contributed by atoms with Gasteiger partial charge in [0.2, 0.25) is 5.91 Å². The average molecular weight is 580 g/mol. The minimum absolute atomic E-state index is 0. The molecule has 10 atom stereocenters. The van der Waals surface area contributed by atoms with Crippen molar-refractivity contribution in [2.45, 2.75) is 86.7 Å². The molecular formula is C26H40Cl2N2O6S. The second kappa shape index (κ2) is 13.5. The molecule has 210 valence electrons. The zero-order valence-electron chi connectivity index (χ0n) is 22.0. The van der Waals surface area contributed by atoms with E-state index < -0.39 is 47.6 Å². The lowest BCUT2D eigenvalue weighted by molar-refractivity contribution is -0.167. The molecule has 0 radical (unpaired) electrons. The molecule has 1 aromatic carbocycles. The number of thioether (sulfide) groups is 1. The molecule has 3 heterocycles. The van der Waals surface area contributed by atoms with Crippen LogP contribution in [0.3, 0.4) is 0 Å². The number of alkyl halides is 1. The molecule has 0 bridgehead atoms. The summed E-state index contributed by atoms with van der Waals surface area (Å²) in [6.45, 7) is 4.94. The number of methoxy groups -OCH3 is 1. The Morgan fingerprint density at radius 2 is 1.95 bits per heavy atom. The molecule has 4 rings (SSSR count). The normalized spacial score (nSPS) is 35.3. The monoisotopic (exact) mass is 578 g/mol. The molecule has 0 saturated carbocycles. The van der Waals surface area contributed by atoms with E-state index in [0.29, 0.717) is 5.92 Å². The summed E-state index contributed by atoms with van der Waals surface area (Å²) < 4.78 is 24.1. The van der Waals surface area contributed by atoms with E-state index in [0.717, 1.165) is 37.1 Å². The van der Waals surface area contributed by atoms with Crippen LogP contribution in [0, 0.1) is 5.92 Å². The first kappa shape index (κ1) is 30.8. The Bertz CT molecular complexity index is 881. The number of fused-ring (bicyclic) bond motifs is 1. The number of aliphatic hydroxyl groups excluding tert-OH is 1. The van der Waals surface area contributed by atoms with Crippen LogP contribution < -0.4 is 10.1 Å². The molecule has 3 aliphatic heterocycles. The Balaban J connectivity index is 0.00000380. The highest BCUT2D eigenvalue weighted by Crippen LogP contribution is 2.42. The molecule has 2 N–H and O–H groups in total. The van der Waals surface area contributed by atoms with E-state index in [9.17, 15) is 9.90 Å². The van der Waals surface area contributed by atoms with Crippen LogP contribution in [0.15, 0.2) is 24.3 Å². The molecule has 37 heavy (non-hydrogen) atoms. The number of ether oxygens (including phenoxy) is 4. The van der Waals surface area contributed by atoms with E-state index in [1.54, 1.807) is 7.11 Å². The SMILES string of the molecule is CCC[C@@H]1CC(C(=O)N[C@@H]([C@H]2O[C@H](SC)[C@H](O)[C@H]3OC(c4ccc(OC)cc4)O[C@H]32)[C@@H](C)Cl)N(C)C1.Cl. The van der Waals surface area contributed by atoms with Gasteiger partial charge in [0, 0.05) is 12.1 Å². The van der Waals surface area contributed by atoms with E-state index in [2.05, 4.69) is 17.1 Å². The molecule has 1 aromatic rings. The number of hydrogen-bond donors (Lipinski definition) is 2. The molecule has 0 aliphatic carbocycles. The summed E-state index contributed by atoms with van der Waals surface area (Å²) in [6.07, 6.45) is 1.56. The Kier molecular flexibility index (Phi) is 11.2. The average Bonchev–Trinajstić information content (AvgIpc) is 3.47. The summed E-state index contributed by atoms with van der Waals surface area (Å²) in [6, 6.07) is 6.71. The number of benzene rings is 1. The van der Waals surface area contributed by atoms with Gasteiger partial charge < -0.3 is 29.4 Å². The number of carbonyl (C=O) groups is 1. The van der Waals surface area contributed by atoms with Gasteiger partial charge in [0.15, 0.2) is 6.29 Å². The fraction of sp³-hybridized carbons (Fsp3) is 0.731. The standard InChI is InChI=1S/C26H39ClN2O6S.ClH/c1-6-7-15-12-18(29(3)13-15)24(31)28-19(14(2)27)21-23-22(20(30)26(35-21)36-5)33-25(34-23)16-8-10-17(32-4)11-9-16;/h8-11,14-15,18-23,25-26,30H,6-7,12-13H2,1-5H3,(H,28,31);1H/t14-,15-,18?,19-,20-,21-,22-,23+,25?,26-;/m1./s1. The zero-order valence-corrected chi connectivity index (χ0v) is 24.4. The van der Waals surface area contributed by atoms with Crippen molar-refractivity contribution in [1.29, 1.82) is 0 Å². The van der Waals surface area contributed by atoms with Gasteiger partial charge in [-0.05, 0) is 51.1 Å². The number of carbonyl (C=O) groups excluding carboxylic acids is 1. The molecule has 0 spiro atoms. The molecule has 11 heteroatoms. The number of hydrogen-bond acceptors (Lipinski definition) is 8. The molecule has 3 aliphatic rings. The van der Waals surface area contributed by atoms with Crippen molar-refractivity contribution in [2.75, 3.05) is 27.0 Å². The fourth-order valence-electron chi connectivity index (χ4n) is 5.63. The Morgan fingerprint density at radius 3 is 2.54 bits per heavy atom. The van der Waals surface area contributed by atoms with Crippen LogP contribution in [0.5, 0.6) is 5.75 Å². The highest BCUT2D eigenvalue weighted by Gasteiger charge is 2.55. The maximum atomic E-state index is 13.4. The van der Waals surface area contributed by atoms with E-state index in [-0.39, 0.29) is 24.4 Å². The largest absolute Gasteiger partial charge is 0.497 e. The van der Waals surface area contributed by atoms with Gasteiger partial charge in [0.1, 0.15) is 35.6 Å². The van der Waals surface area contributed by atoms with Crippen LogP contribution in [0.4, 0.5) is 0 Å². The molecule has 1 amide bonds. The van der Waals surface area contributed by atoms with Crippen LogP contribution >= 0.6 is 35.8 Å². The number of rotatable bonds is 9. The number of likely N-dealkylation sites (tertiary alicyclic amines) is 1. The van der Waals surface area contributed by atoms with Crippen LogP contribution in [0.25, 0.3) is 0 Å². The first-order valence-corrected chi connectivity index (χ1v) is 14.5. The minimum Gasteiger partial charge on any atom is -0.497 e. The van der Waals surface area contributed by atoms with Gasteiger partial charge in [0.25, 0.3) is 0 Å². The topological polar surface area (TPSA) is 89.5 Å². The highest BCUT2D eigenvalue weighted by molar-refractivity contribution is 7.99. The van der Waals surface area contributed by atoms with Gasteiger partial charge in [0.05, 0.1) is 24.6 Å². The highest BCUT2D eigenvalue weighted by atomic mass is 35.5. The second-order valence-electron chi connectivity index (χ2n) is 10.1. The molecule has 2 unspecified atom stereocenters. The third-order valence-electron chi connectivity index (χ3n) is 7.53. The van der Waals surface area contributed by atoms with Crippen molar-refractivity contribution < 1.29 is 28.8 Å². The van der Waals surface area contributed by atoms with Gasteiger partial charge in [-0.1, -0.05) is 25.5 Å². The summed E-state index contributed by atoms with van der Waals surface area (Å²) in [4.78, 5) is 15.5. The fourth-order valence-corrected chi connectivity index (χ4v) is 6.51. The van der Waals surface area contributed by atoms with Crippen molar-refractivity contribution in [3.63, 3.8) is 0 Å². The summed E-state index contributed by atoms with van der Waals surface area (Å²) >= 11 is 8.06. The first-order chi connectivity index (χ1) is 17.3. The van der Waals surface area contributed by atoms with Crippen molar-refractivity contribution in [3.05, 3.63) is 29.8 Å². The van der Waals surface area contributed by atoms with E-state index >= 15 is 0 Å². The molecule has 3 fully saturated rings. The van der Waals surface area contributed by atoms with Gasteiger partial charge in [-0.15, -0.1) is 35.8 Å². The lowest BCUT2D eigenvalue weighted by Gasteiger charge is -2.43.